The number of fused-ring (bicyclic) bond motifs is 1. The minimum absolute atomic E-state index is 0.168. The summed E-state index contributed by atoms with van der Waals surface area (Å²) in [5, 5.41) is 21.5. The molecule has 0 radical (unpaired) electrons. The Bertz CT molecular complexity index is 846. The molecular weight excluding hydrogens is 418 g/mol. The summed E-state index contributed by atoms with van der Waals surface area (Å²) in [5.41, 5.74) is -0.396. The van der Waals surface area contributed by atoms with E-state index in [2.05, 4.69) is 24.5 Å². The Hall–Kier alpha value is -2.31. The van der Waals surface area contributed by atoms with Crippen molar-refractivity contribution < 1.29 is 24.8 Å². The van der Waals surface area contributed by atoms with Crippen LogP contribution >= 0.6 is 0 Å². The van der Waals surface area contributed by atoms with E-state index in [1.165, 1.54) is 37.8 Å². The molecule has 0 aromatic rings. The van der Waals surface area contributed by atoms with E-state index in [0.29, 0.717) is 35.7 Å². The van der Waals surface area contributed by atoms with Crippen molar-refractivity contribution in [2.24, 2.45) is 40.4 Å². The van der Waals surface area contributed by atoms with E-state index in [0.717, 1.165) is 6.42 Å². The molecule has 3 rings (SSSR count). The summed E-state index contributed by atoms with van der Waals surface area (Å²) in [6, 6.07) is 0.168. The van der Waals surface area contributed by atoms with Crippen LogP contribution in [0.2, 0.25) is 0 Å². The van der Waals surface area contributed by atoms with Crippen molar-refractivity contribution in [3.63, 3.8) is 0 Å². The van der Waals surface area contributed by atoms with Gasteiger partial charge in [0.1, 0.15) is 0 Å². The van der Waals surface area contributed by atoms with Crippen molar-refractivity contribution in [1.29, 1.82) is 0 Å². The van der Waals surface area contributed by atoms with Gasteiger partial charge in [0.15, 0.2) is 11.8 Å². The Morgan fingerprint density at radius 3 is 2.58 bits per heavy atom. The highest BCUT2D eigenvalue weighted by atomic mass is 16.5. The summed E-state index contributed by atoms with van der Waals surface area (Å²) in [4.78, 5) is 24.8. The van der Waals surface area contributed by atoms with Crippen molar-refractivity contribution in [1.82, 2.24) is 10.6 Å². The summed E-state index contributed by atoms with van der Waals surface area (Å²) < 4.78 is 5.89. The largest absolute Gasteiger partial charge is 0.481 e. The Morgan fingerprint density at radius 1 is 1.27 bits per heavy atom. The van der Waals surface area contributed by atoms with Crippen molar-refractivity contribution in [3.05, 3.63) is 23.7 Å². The molecule has 7 heteroatoms. The number of ether oxygens (including phenoxy) is 1. The molecular formula is C26H42N3O4+. The Labute approximate surface area is 197 Å². The summed E-state index contributed by atoms with van der Waals surface area (Å²) in [6.07, 6.45) is 9.13. The average molecular weight is 461 g/mol. The van der Waals surface area contributed by atoms with Crippen LogP contribution in [-0.2, 0) is 14.3 Å². The molecule has 0 aromatic carbocycles. The molecule has 0 spiro atoms. The molecule has 3 fully saturated rings. The Kier molecular flexibility index (Phi) is 7.30. The fourth-order valence-corrected chi connectivity index (χ4v) is 6.27. The SMILES string of the molecule is CC(C)CO/C(N/C=C/C(C)(C)C(=O)O)=C(/C=[NH2+])C(=O)N[C@@H]1C2CC(C)C[C@]3(C)CC1C3C2. The van der Waals surface area contributed by atoms with Gasteiger partial charge in [-0.1, -0.05) is 33.8 Å². The molecule has 3 saturated carbocycles. The van der Waals surface area contributed by atoms with Crippen LogP contribution in [-0.4, -0.2) is 35.8 Å². The number of nitrogens with one attached hydrogen (secondary N) is 2. The molecule has 6 atom stereocenters. The third-order valence-corrected chi connectivity index (χ3v) is 7.94. The van der Waals surface area contributed by atoms with Crippen LogP contribution in [0.4, 0.5) is 0 Å². The predicted molar refractivity (Wildman–Crippen MR) is 128 cm³/mol. The normalized spacial score (nSPS) is 33.7. The number of carbonyl (C=O) groups is 2. The maximum Gasteiger partial charge on any atom is 0.312 e. The number of nitrogens with two attached hydrogens (primary N) is 1. The zero-order chi connectivity index (χ0) is 24.6. The van der Waals surface area contributed by atoms with Crippen LogP contribution in [0.25, 0.3) is 0 Å². The summed E-state index contributed by atoms with van der Waals surface area (Å²) in [6.45, 7) is 12.4. The van der Waals surface area contributed by atoms with Gasteiger partial charge in [0, 0.05) is 12.2 Å². The molecule has 0 heterocycles. The quantitative estimate of drug-likeness (QED) is 0.227. The number of aliphatic carboxylic acids is 1. The minimum atomic E-state index is -1.06. The van der Waals surface area contributed by atoms with Gasteiger partial charge in [-0.2, -0.15) is 0 Å². The second kappa shape index (κ2) is 9.51. The average Bonchev–Trinajstić information content (AvgIpc) is 2.93. The fourth-order valence-electron chi connectivity index (χ4n) is 6.27. The number of amides is 1. The third-order valence-electron chi connectivity index (χ3n) is 7.94. The zero-order valence-electron chi connectivity index (χ0n) is 21.0. The van der Waals surface area contributed by atoms with Gasteiger partial charge in [-0.15, -0.1) is 0 Å². The van der Waals surface area contributed by atoms with Gasteiger partial charge in [0.2, 0.25) is 5.88 Å². The van der Waals surface area contributed by atoms with E-state index in [-0.39, 0.29) is 29.3 Å². The summed E-state index contributed by atoms with van der Waals surface area (Å²) >= 11 is 0. The molecule has 184 valence electrons. The maximum absolute atomic E-state index is 13.4. The van der Waals surface area contributed by atoms with Crippen molar-refractivity contribution in [2.75, 3.05) is 6.61 Å². The maximum atomic E-state index is 13.4. The molecule has 7 nitrogen and oxygen atoms in total. The highest BCUT2D eigenvalue weighted by molar-refractivity contribution is 6.11. The van der Waals surface area contributed by atoms with Crippen LogP contribution in [0.5, 0.6) is 0 Å². The van der Waals surface area contributed by atoms with Crippen molar-refractivity contribution in [3.8, 4) is 0 Å². The molecule has 0 aromatic heterocycles. The molecule has 5 N–H and O–H groups in total. The molecule has 1 amide bonds. The van der Waals surface area contributed by atoms with Gasteiger partial charge in [0.25, 0.3) is 5.91 Å². The smallest absolute Gasteiger partial charge is 0.312 e. The standard InChI is InChI=1S/C26H41N3O4/c1-15(2)14-33-23(28-8-7-25(4,5)24(31)32)19(13-27)22(30)29-21-17-9-16(3)11-26(6)12-18(21)20(26)10-17/h7-8,13,15-18,20-21,27-28H,9-12,14H2,1-6H3,(H,29,30)(H,31,32)/p+1/b8-7+,23-19-,27-13?/t16?,17?,18?,20?,21-,26-/m1/s1. The molecule has 2 bridgehead atoms. The second-order valence-electron chi connectivity index (χ2n) is 11.8. The first kappa shape index (κ1) is 25.3. The van der Waals surface area contributed by atoms with Crippen LogP contribution in [0.15, 0.2) is 23.7 Å². The molecule has 0 aliphatic heterocycles. The van der Waals surface area contributed by atoms with Crippen LogP contribution in [0.3, 0.4) is 0 Å². The summed E-state index contributed by atoms with van der Waals surface area (Å²) in [7, 11) is 0. The van der Waals surface area contributed by atoms with Gasteiger partial charge in [-0.05, 0) is 74.5 Å². The van der Waals surface area contributed by atoms with E-state index in [1.54, 1.807) is 13.8 Å². The molecule has 3 aliphatic rings. The Balaban J connectivity index is 1.79. The number of carbonyl (C=O) groups excluding carboxylic acids is 1. The van der Waals surface area contributed by atoms with Crippen LogP contribution in [0.1, 0.15) is 67.2 Å². The molecule has 3 aliphatic carbocycles. The predicted octanol–water partition coefficient (Wildman–Crippen LogP) is 2.49. The first-order valence-corrected chi connectivity index (χ1v) is 12.3. The first-order chi connectivity index (χ1) is 15.4. The zero-order valence-corrected chi connectivity index (χ0v) is 21.0. The van der Waals surface area contributed by atoms with Gasteiger partial charge in [-0.3, -0.25) is 15.0 Å². The molecule has 4 unspecified atom stereocenters. The lowest BCUT2D eigenvalue weighted by molar-refractivity contribution is -0.144. The Morgan fingerprint density at radius 2 is 1.97 bits per heavy atom. The lowest BCUT2D eigenvalue weighted by Crippen LogP contribution is -2.54. The van der Waals surface area contributed by atoms with Gasteiger partial charge >= 0.3 is 5.97 Å². The molecule has 33 heavy (non-hydrogen) atoms. The van der Waals surface area contributed by atoms with Gasteiger partial charge in [-0.25, -0.2) is 0 Å². The van der Waals surface area contributed by atoms with Crippen LogP contribution < -0.4 is 16.0 Å². The number of carboxylic acid groups (broad SMARTS) is 1. The topological polar surface area (TPSA) is 113 Å². The number of carboxylic acids is 1. The van der Waals surface area contributed by atoms with Crippen molar-refractivity contribution >= 4 is 18.1 Å². The monoisotopic (exact) mass is 460 g/mol. The van der Waals surface area contributed by atoms with Crippen molar-refractivity contribution in [2.45, 2.75) is 73.3 Å². The first-order valence-electron chi connectivity index (χ1n) is 12.3. The lowest BCUT2D eigenvalue weighted by atomic mass is 9.52. The minimum Gasteiger partial charge on any atom is -0.481 e. The summed E-state index contributed by atoms with van der Waals surface area (Å²) in [5.74, 6) is 1.72. The number of hydrogen-bond donors (Lipinski definition) is 4. The third kappa shape index (κ3) is 5.28. The second-order valence-corrected chi connectivity index (χ2v) is 11.8. The van der Waals surface area contributed by atoms with E-state index < -0.39 is 11.4 Å². The highest BCUT2D eigenvalue weighted by Gasteiger charge is 2.61. The number of hydrogen-bond acceptors (Lipinski definition) is 4. The van der Waals surface area contributed by atoms with Gasteiger partial charge in [0.05, 0.1) is 12.0 Å². The molecule has 0 saturated heterocycles. The van der Waals surface area contributed by atoms with E-state index in [4.69, 9.17) is 10.1 Å². The lowest BCUT2D eigenvalue weighted by Gasteiger charge is -2.54. The fraction of sp³-hybridized carbons (Fsp3) is 0.731. The van der Waals surface area contributed by atoms with E-state index in [9.17, 15) is 14.7 Å². The van der Waals surface area contributed by atoms with Crippen LogP contribution in [0, 0.1) is 40.4 Å². The highest BCUT2D eigenvalue weighted by Crippen LogP contribution is 2.66. The van der Waals surface area contributed by atoms with E-state index in [1.807, 2.05) is 13.8 Å². The van der Waals surface area contributed by atoms with E-state index >= 15 is 0 Å². The van der Waals surface area contributed by atoms with Gasteiger partial charge < -0.3 is 20.5 Å². The number of rotatable bonds is 10.